The third kappa shape index (κ3) is 4.08. The monoisotopic (exact) mass is 501 g/mol. The molecule has 0 aliphatic rings. The average molecular weight is 502 g/mol. The van der Waals surface area contributed by atoms with Gasteiger partial charge in [0.05, 0.1) is 5.69 Å². The molecule has 0 saturated heterocycles. The van der Waals surface area contributed by atoms with Crippen molar-refractivity contribution in [3.8, 4) is 22.4 Å². The third-order valence-corrected chi connectivity index (χ3v) is 6.89. The van der Waals surface area contributed by atoms with Crippen molar-refractivity contribution in [2.24, 2.45) is 0 Å². The molecular weight excluding hydrogens is 473 g/mol. The van der Waals surface area contributed by atoms with Crippen LogP contribution in [-0.2, 0) is 11.3 Å². The van der Waals surface area contributed by atoms with Crippen molar-refractivity contribution in [3.05, 3.63) is 71.4 Å². The Hall–Kier alpha value is -4.33. The van der Waals surface area contributed by atoms with Gasteiger partial charge in [-0.05, 0) is 58.9 Å². The first-order valence-corrected chi connectivity index (χ1v) is 12.2. The smallest absolute Gasteiger partial charge is 0.352 e. The zero-order valence-electron chi connectivity index (χ0n) is 21.0. The Bertz CT molecular complexity index is 1690. The first-order chi connectivity index (χ1) is 17.6. The minimum Gasteiger partial charge on any atom is -0.480 e. The van der Waals surface area contributed by atoms with Crippen LogP contribution in [0.25, 0.3) is 44.2 Å². The predicted octanol–water partition coefficient (Wildman–Crippen LogP) is 6.95. The summed E-state index contributed by atoms with van der Waals surface area (Å²) in [6, 6.07) is 10.5. The Morgan fingerprint density at radius 1 is 0.973 bits per heavy atom. The van der Waals surface area contributed by atoms with Gasteiger partial charge in [0, 0.05) is 45.3 Å². The number of hydrogen-bond acceptors (Lipinski definition) is 2. The number of carboxylic acid groups (broad SMARTS) is 2. The topological polar surface area (TPSA) is 111 Å². The molecule has 0 amide bonds. The van der Waals surface area contributed by atoms with Gasteiger partial charge in [-0.3, -0.25) is 4.79 Å². The molecule has 0 atom stereocenters. The van der Waals surface area contributed by atoms with E-state index >= 15 is 0 Å². The number of carboxylic acids is 2. The lowest BCUT2D eigenvalue weighted by atomic mass is 9.87. The lowest BCUT2D eigenvalue weighted by Gasteiger charge is -2.16. The molecular formula is C29H28FN3O4. The highest BCUT2D eigenvalue weighted by atomic mass is 19.1. The van der Waals surface area contributed by atoms with Crippen LogP contribution in [0.2, 0.25) is 0 Å². The van der Waals surface area contributed by atoms with E-state index in [0.29, 0.717) is 27.9 Å². The number of fused-ring (bicyclic) bond motifs is 2. The van der Waals surface area contributed by atoms with E-state index in [1.807, 2.05) is 52.0 Å². The number of aliphatic carboxylic acids is 1. The van der Waals surface area contributed by atoms with Crippen LogP contribution in [0.3, 0.4) is 0 Å². The van der Waals surface area contributed by atoms with Crippen molar-refractivity contribution in [2.75, 3.05) is 0 Å². The number of benzene rings is 2. The molecule has 5 rings (SSSR count). The van der Waals surface area contributed by atoms with Crippen LogP contribution >= 0.6 is 0 Å². The van der Waals surface area contributed by atoms with E-state index in [1.54, 1.807) is 17.0 Å². The van der Waals surface area contributed by atoms with E-state index in [2.05, 4.69) is 9.97 Å². The van der Waals surface area contributed by atoms with Crippen LogP contribution in [0.5, 0.6) is 0 Å². The van der Waals surface area contributed by atoms with E-state index in [1.165, 1.54) is 12.1 Å². The number of carbonyl (C=O) groups is 2. The molecule has 8 heteroatoms. The number of aromatic carboxylic acids is 1. The summed E-state index contributed by atoms with van der Waals surface area (Å²) in [5.41, 5.74) is 5.44. The lowest BCUT2D eigenvalue weighted by Crippen LogP contribution is -2.07. The molecule has 0 aliphatic heterocycles. The molecule has 3 heterocycles. The van der Waals surface area contributed by atoms with Crippen molar-refractivity contribution in [2.45, 2.75) is 46.1 Å². The van der Waals surface area contributed by atoms with Gasteiger partial charge in [0.15, 0.2) is 0 Å². The Morgan fingerprint density at radius 3 is 2.38 bits per heavy atom. The van der Waals surface area contributed by atoms with Gasteiger partial charge in [-0.25, -0.2) is 9.18 Å². The number of hydrogen-bond donors (Lipinski definition) is 4. The van der Waals surface area contributed by atoms with Crippen LogP contribution in [0.15, 0.2) is 48.8 Å². The van der Waals surface area contributed by atoms with E-state index in [9.17, 15) is 24.2 Å². The van der Waals surface area contributed by atoms with Crippen LogP contribution < -0.4 is 0 Å². The van der Waals surface area contributed by atoms with Gasteiger partial charge in [-0.2, -0.15) is 0 Å². The van der Waals surface area contributed by atoms with Crippen molar-refractivity contribution < 1.29 is 24.2 Å². The summed E-state index contributed by atoms with van der Waals surface area (Å²) in [5, 5.41) is 21.3. The second-order valence-corrected chi connectivity index (χ2v) is 10.0. The Kier molecular flexibility index (Phi) is 5.90. The maximum Gasteiger partial charge on any atom is 0.352 e. The summed E-state index contributed by atoms with van der Waals surface area (Å²) >= 11 is 0. The molecule has 0 unspecified atom stereocenters. The van der Waals surface area contributed by atoms with E-state index in [4.69, 9.17) is 0 Å². The van der Waals surface area contributed by atoms with Crippen LogP contribution in [0, 0.1) is 5.82 Å². The summed E-state index contributed by atoms with van der Waals surface area (Å²) in [4.78, 5) is 30.3. The van der Waals surface area contributed by atoms with Crippen LogP contribution in [-0.4, -0.2) is 36.7 Å². The second-order valence-electron chi connectivity index (χ2n) is 10.0. The summed E-state index contributed by atoms with van der Waals surface area (Å²) < 4.78 is 16.3. The Morgan fingerprint density at radius 2 is 1.73 bits per heavy atom. The molecule has 7 nitrogen and oxygen atoms in total. The number of nitrogens with one attached hydrogen (secondary N) is 2. The SMILES string of the molecule is CC(C)c1cc(-c2c(C(=O)O)[nH]c(-c3cc(F)cc4[nH]ccc34)c2C(C)C)c2ccn(CC(=O)O)c2c1. The molecule has 190 valence electrons. The molecule has 0 bridgehead atoms. The van der Waals surface area contributed by atoms with Gasteiger partial charge >= 0.3 is 11.9 Å². The van der Waals surface area contributed by atoms with Crippen molar-refractivity contribution >= 4 is 33.7 Å². The summed E-state index contributed by atoms with van der Waals surface area (Å²) in [6.07, 6.45) is 3.44. The van der Waals surface area contributed by atoms with Gasteiger partial charge in [0.25, 0.3) is 0 Å². The fourth-order valence-corrected chi connectivity index (χ4v) is 5.22. The van der Waals surface area contributed by atoms with Crippen LogP contribution in [0.1, 0.15) is 61.1 Å². The average Bonchev–Trinajstić information content (AvgIpc) is 3.54. The normalized spacial score (nSPS) is 11.9. The van der Waals surface area contributed by atoms with Gasteiger partial charge in [-0.1, -0.05) is 33.8 Å². The number of halogens is 1. The number of H-pyrrole nitrogens is 2. The molecule has 2 aromatic carbocycles. The van der Waals surface area contributed by atoms with Gasteiger partial charge in [0.1, 0.15) is 18.1 Å². The van der Waals surface area contributed by atoms with Gasteiger partial charge < -0.3 is 24.7 Å². The van der Waals surface area contributed by atoms with E-state index < -0.39 is 17.8 Å². The first kappa shape index (κ1) is 24.4. The standard InChI is InChI=1S/C29H28FN3O4/c1-14(2)16-9-20(19-6-8-33(13-24(34)35)23(19)10-16)26-25(15(3)4)27(32-28(26)29(36)37)21-11-17(30)12-22-18(21)5-7-31-22/h5-12,14-15,31-32H,13H2,1-4H3,(H,34,35)(H,36,37). The first-order valence-electron chi connectivity index (χ1n) is 12.2. The molecule has 3 aromatic heterocycles. The Labute approximate surface area is 212 Å². The van der Waals surface area contributed by atoms with Gasteiger partial charge in [0.2, 0.25) is 0 Å². The molecule has 5 aromatic rings. The largest absolute Gasteiger partial charge is 0.480 e. The lowest BCUT2D eigenvalue weighted by molar-refractivity contribution is -0.137. The quantitative estimate of drug-likeness (QED) is 0.193. The molecule has 0 radical (unpaired) electrons. The number of rotatable bonds is 7. The van der Waals surface area contributed by atoms with E-state index in [0.717, 1.165) is 27.4 Å². The third-order valence-electron chi connectivity index (χ3n) is 6.89. The van der Waals surface area contributed by atoms with Gasteiger partial charge in [-0.15, -0.1) is 0 Å². The van der Waals surface area contributed by atoms with Crippen molar-refractivity contribution in [1.82, 2.24) is 14.5 Å². The highest BCUT2D eigenvalue weighted by Gasteiger charge is 2.28. The minimum atomic E-state index is -1.13. The molecule has 37 heavy (non-hydrogen) atoms. The zero-order valence-corrected chi connectivity index (χ0v) is 21.0. The second kappa shape index (κ2) is 8.96. The Balaban J connectivity index is 1.90. The maximum absolute atomic E-state index is 14.6. The molecule has 0 fully saturated rings. The number of aromatic nitrogens is 3. The van der Waals surface area contributed by atoms with E-state index in [-0.39, 0.29) is 24.1 Å². The highest BCUT2D eigenvalue weighted by molar-refractivity contribution is 6.07. The fraction of sp³-hybridized carbons (Fsp3) is 0.241. The molecule has 0 saturated carbocycles. The highest BCUT2D eigenvalue weighted by Crippen LogP contribution is 2.45. The summed E-state index contributed by atoms with van der Waals surface area (Å²) in [6.45, 7) is 7.83. The fourth-order valence-electron chi connectivity index (χ4n) is 5.22. The summed E-state index contributed by atoms with van der Waals surface area (Å²) in [7, 11) is 0. The minimum absolute atomic E-state index is 0.0137. The predicted molar refractivity (Wildman–Crippen MR) is 142 cm³/mol. The van der Waals surface area contributed by atoms with Crippen molar-refractivity contribution in [1.29, 1.82) is 0 Å². The number of nitrogens with zero attached hydrogens (tertiary/aromatic N) is 1. The zero-order chi connectivity index (χ0) is 26.6. The summed E-state index contributed by atoms with van der Waals surface area (Å²) in [5.74, 6) is -2.51. The molecule has 4 N–H and O–H groups in total. The van der Waals surface area contributed by atoms with Crippen molar-refractivity contribution in [3.63, 3.8) is 0 Å². The van der Waals surface area contributed by atoms with Crippen LogP contribution in [0.4, 0.5) is 4.39 Å². The molecule has 0 spiro atoms. The maximum atomic E-state index is 14.6. The molecule has 0 aliphatic carbocycles. The number of aromatic amines is 2.